The van der Waals surface area contributed by atoms with E-state index >= 15 is 0 Å². The number of hydrogen-bond acceptors (Lipinski definition) is 6. The van der Waals surface area contributed by atoms with Crippen LogP contribution in [0.3, 0.4) is 0 Å². The van der Waals surface area contributed by atoms with E-state index in [4.69, 9.17) is 4.74 Å². The molecule has 0 radical (unpaired) electrons. The summed E-state index contributed by atoms with van der Waals surface area (Å²) in [6.45, 7) is 4.30. The van der Waals surface area contributed by atoms with Crippen molar-refractivity contribution in [2.24, 2.45) is 0 Å². The molecule has 218 valence electrons. The van der Waals surface area contributed by atoms with Crippen LogP contribution in [0, 0.1) is 0 Å². The summed E-state index contributed by atoms with van der Waals surface area (Å²) in [7, 11) is 0. The molecule has 5 atom stereocenters. The molecule has 4 N–H and O–H groups in total. The molecule has 0 bridgehead atoms. The van der Waals surface area contributed by atoms with Gasteiger partial charge in [-0.1, -0.05) is 96.6 Å². The second-order valence-electron chi connectivity index (χ2n) is 10.7. The Morgan fingerprint density at radius 2 is 1.22 bits per heavy atom. The van der Waals surface area contributed by atoms with Crippen molar-refractivity contribution in [2.75, 3.05) is 13.2 Å². The first-order valence-corrected chi connectivity index (χ1v) is 15.2. The summed E-state index contributed by atoms with van der Waals surface area (Å²) in [5.74, 6) is -0.113. The van der Waals surface area contributed by atoms with Crippen LogP contribution >= 0.6 is 0 Å². The molecule has 7 nitrogen and oxygen atoms in total. The lowest BCUT2D eigenvalue weighted by Crippen LogP contribution is -2.64. The number of allylic oxidation sites excluding steroid dienone is 2. The number of amides is 1. The minimum Gasteiger partial charge on any atom is -0.394 e. The molecule has 1 rings (SSSR count). The lowest BCUT2D eigenvalue weighted by atomic mass is 9.97. The Kier molecular flexibility index (Phi) is 20.1. The first-order valence-electron chi connectivity index (χ1n) is 15.2. The first-order chi connectivity index (χ1) is 18.0. The SMILES string of the molecule is CCCCCCCC/C=C\CCCCCCCC(=O)N(CCCCCC)[C@@H]1O[C@H](CO)[C@@H](O)[C@H](O)[C@H]1O. The Balaban J connectivity index is 2.33. The maximum absolute atomic E-state index is 13.1. The second kappa shape index (κ2) is 21.9. The molecule has 0 aromatic heterocycles. The van der Waals surface area contributed by atoms with Crippen molar-refractivity contribution in [1.29, 1.82) is 0 Å². The lowest BCUT2D eigenvalue weighted by Gasteiger charge is -2.44. The normalized spacial score (nSPS) is 24.1. The highest BCUT2D eigenvalue weighted by Crippen LogP contribution is 2.25. The van der Waals surface area contributed by atoms with E-state index in [-0.39, 0.29) is 5.91 Å². The van der Waals surface area contributed by atoms with Gasteiger partial charge in [-0.3, -0.25) is 4.79 Å². The number of hydrogen-bond donors (Lipinski definition) is 4. The Morgan fingerprint density at radius 1 is 0.703 bits per heavy atom. The van der Waals surface area contributed by atoms with Gasteiger partial charge in [-0.2, -0.15) is 0 Å². The van der Waals surface area contributed by atoms with Gasteiger partial charge in [0.25, 0.3) is 0 Å². The van der Waals surface area contributed by atoms with Gasteiger partial charge in [-0.15, -0.1) is 0 Å². The van der Waals surface area contributed by atoms with Gasteiger partial charge in [0, 0.05) is 13.0 Å². The van der Waals surface area contributed by atoms with Crippen LogP contribution in [0.5, 0.6) is 0 Å². The summed E-state index contributed by atoms with van der Waals surface area (Å²) in [5.41, 5.74) is 0. The zero-order chi connectivity index (χ0) is 27.3. The Bertz CT molecular complexity index is 584. The Labute approximate surface area is 226 Å². The molecule has 1 saturated heterocycles. The third-order valence-corrected chi connectivity index (χ3v) is 7.40. The van der Waals surface area contributed by atoms with Crippen molar-refractivity contribution in [3.63, 3.8) is 0 Å². The van der Waals surface area contributed by atoms with Gasteiger partial charge >= 0.3 is 0 Å². The molecule has 1 aliphatic heterocycles. The molecule has 0 unspecified atom stereocenters. The van der Waals surface area contributed by atoms with E-state index in [1.165, 1.54) is 56.3 Å². The highest BCUT2D eigenvalue weighted by atomic mass is 16.6. The summed E-state index contributed by atoms with van der Waals surface area (Å²) >= 11 is 0. The van der Waals surface area contributed by atoms with Crippen molar-refractivity contribution in [2.45, 2.75) is 160 Å². The summed E-state index contributed by atoms with van der Waals surface area (Å²) in [6, 6.07) is 0. The van der Waals surface area contributed by atoms with E-state index in [1.807, 2.05) is 0 Å². The van der Waals surface area contributed by atoms with Gasteiger partial charge < -0.3 is 30.1 Å². The van der Waals surface area contributed by atoms with Gasteiger partial charge in [-0.25, -0.2) is 0 Å². The smallest absolute Gasteiger partial charge is 0.224 e. The maximum atomic E-state index is 13.1. The van der Waals surface area contributed by atoms with Crippen molar-refractivity contribution in [3.8, 4) is 0 Å². The molecule has 1 fully saturated rings. The molecule has 0 aromatic rings. The zero-order valence-electron chi connectivity index (χ0n) is 23.7. The molecule has 0 aromatic carbocycles. The zero-order valence-corrected chi connectivity index (χ0v) is 23.7. The highest BCUT2D eigenvalue weighted by molar-refractivity contribution is 5.76. The van der Waals surface area contributed by atoms with E-state index < -0.39 is 37.3 Å². The third-order valence-electron chi connectivity index (χ3n) is 7.40. The van der Waals surface area contributed by atoms with Gasteiger partial charge in [0.1, 0.15) is 24.4 Å². The van der Waals surface area contributed by atoms with Crippen LogP contribution in [0.25, 0.3) is 0 Å². The van der Waals surface area contributed by atoms with E-state index in [1.54, 1.807) is 0 Å². The predicted octanol–water partition coefficient (Wildman–Crippen LogP) is 5.23. The van der Waals surface area contributed by atoms with Crippen LogP contribution in [0.1, 0.15) is 129 Å². The van der Waals surface area contributed by atoms with Gasteiger partial charge in [0.05, 0.1) is 6.61 Å². The van der Waals surface area contributed by atoms with Crippen molar-refractivity contribution in [3.05, 3.63) is 12.2 Å². The van der Waals surface area contributed by atoms with Crippen LogP contribution in [-0.4, -0.2) is 75.0 Å². The molecule has 1 heterocycles. The number of carbonyl (C=O) groups is 1. The molecule has 37 heavy (non-hydrogen) atoms. The summed E-state index contributed by atoms with van der Waals surface area (Å²) in [6.07, 6.45) is 18.0. The number of carbonyl (C=O) groups excluding carboxylic acids is 1. The topological polar surface area (TPSA) is 110 Å². The van der Waals surface area contributed by atoms with Gasteiger partial charge in [0.15, 0.2) is 6.23 Å². The molecule has 0 saturated carbocycles. The van der Waals surface area contributed by atoms with E-state index in [2.05, 4.69) is 26.0 Å². The standard InChI is InChI=1S/C30H57NO6/c1-3-5-7-9-10-11-12-13-14-15-16-17-18-19-20-22-26(33)31(23-21-8-6-4-2)30-29(36)28(35)27(34)25(24-32)37-30/h13-14,25,27-30,32,34-36H,3-12,15-24H2,1-2H3/b14-13-/t25-,27-,28+,29-,30-/m1/s1. The maximum Gasteiger partial charge on any atom is 0.224 e. The Morgan fingerprint density at radius 3 is 1.78 bits per heavy atom. The third kappa shape index (κ3) is 14.1. The number of nitrogens with zero attached hydrogens (tertiary/aromatic N) is 1. The molecular weight excluding hydrogens is 470 g/mol. The number of ether oxygens (including phenoxy) is 1. The largest absolute Gasteiger partial charge is 0.394 e. The van der Waals surface area contributed by atoms with Crippen molar-refractivity contribution < 1.29 is 30.0 Å². The van der Waals surface area contributed by atoms with Crippen LogP contribution in [-0.2, 0) is 9.53 Å². The van der Waals surface area contributed by atoms with E-state index in [9.17, 15) is 25.2 Å². The first kappa shape index (κ1) is 34.0. The minimum atomic E-state index is -1.47. The fourth-order valence-electron chi connectivity index (χ4n) is 4.93. The van der Waals surface area contributed by atoms with Gasteiger partial charge in [-0.05, 0) is 38.5 Å². The minimum absolute atomic E-state index is 0.113. The fourth-order valence-corrected chi connectivity index (χ4v) is 4.93. The van der Waals surface area contributed by atoms with Gasteiger partial charge in [0.2, 0.25) is 5.91 Å². The summed E-state index contributed by atoms with van der Waals surface area (Å²) < 4.78 is 5.69. The fraction of sp³-hybridized carbons (Fsp3) is 0.900. The molecule has 1 aliphatic rings. The monoisotopic (exact) mass is 527 g/mol. The van der Waals surface area contributed by atoms with Crippen LogP contribution in [0.4, 0.5) is 0 Å². The number of aliphatic hydroxyl groups is 4. The number of aliphatic hydroxyl groups excluding tert-OH is 4. The average molecular weight is 528 g/mol. The number of unbranched alkanes of at least 4 members (excludes halogenated alkanes) is 14. The van der Waals surface area contributed by atoms with E-state index in [0.29, 0.717) is 13.0 Å². The van der Waals surface area contributed by atoms with Crippen molar-refractivity contribution >= 4 is 5.91 Å². The molecule has 0 spiro atoms. The highest BCUT2D eigenvalue weighted by Gasteiger charge is 2.46. The predicted molar refractivity (Wildman–Crippen MR) is 149 cm³/mol. The molecule has 0 aliphatic carbocycles. The van der Waals surface area contributed by atoms with Crippen molar-refractivity contribution in [1.82, 2.24) is 4.90 Å². The van der Waals surface area contributed by atoms with E-state index in [0.717, 1.165) is 57.8 Å². The summed E-state index contributed by atoms with van der Waals surface area (Å²) in [5, 5.41) is 40.3. The van der Waals surface area contributed by atoms with Crippen LogP contribution in [0.15, 0.2) is 12.2 Å². The lowest BCUT2D eigenvalue weighted by molar-refractivity contribution is -0.262. The van der Waals surface area contributed by atoms with Crippen LogP contribution in [0.2, 0.25) is 0 Å². The summed E-state index contributed by atoms with van der Waals surface area (Å²) in [4.78, 5) is 14.6. The molecule has 1 amide bonds. The second-order valence-corrected chi connectivity index (χ2v) is 10.7. The van der Waals surface area contributed by atoms with Crippen LogP contribution < -0.4 is 0 Å². The average Bonchev–Trinajstić information content (AvgIpc) is 2.90. The molecular formula is C30H57NO6. The Hall–Kier alpha value is -0.990. The quantitative estimate of drug-likeness (QED) is 0.113. The molecule has 7 heteroatoms. The number of rotatable bonds is 22.